The minimum atomic E-state index is -1.10. The van der Waals surface area contributed by atoms with Crippen molar-refractivity contribution >= 4 is 11.7 Å². The van der Waals surface area contributed by atoms with Gasteiger partial charge in [-0.3, -0.25) is 4.90 Å². The fourth-order valence-electron chi connectivity index (χ4n) is 5.36. The molecule has 0 radical (unpaired) electrons. The van der Waals surface area contributed by atoms with Gasteiger partial charge in [0.05, 0.1) is 46.2 Å². The van der Waals surface area contributed by atoms with Crippen molar-refractivity contribution in [2.24, 2.45) is 11.1 Å². The van der Waals surface area contributed by atoms with E-state index in [0.29, 0.717) is 53.2 Å². The summed E-state index contributed by atoms with van der Waals surface area (Å²) < 4.78 is 27.2. The number of hydrogen-bond acceptors (Lipinski definition) is 10. The van der Waals surface area contributed by atoms with E-state index in [9.17, 15) is 9.90 Å². The topological polar surface area (TPSA) is 108 Å². The van der Waals surface area contributed by atoms with Gasteiger partial charge >= 0.3 is 5.97 Å². The number of methoxy groups -OCH3 is 3. The van der Waals surface area contributed by atoms with Crippen molar-refractivity contribution < 1.29 is 38.4 Å². The van der Waals surface area contributed by atoms with Crippen LogP contribution in [0.1, 0.15) is 49.5 Å². The summed E-state index contributed by atoms with van der Waals surface area (Å²) in [6.45, 7) is 6.65. The summed E-state index contributed by atoms with van der Waals surface area (Å²) in [6.07, 6.45) is 0.943. The summed E-state index contributed by atoms with van der Waals surface area (Å²) in [6, 6.07) is 12.4. The normalized spacial score (nSPS) is 19.8. The largest absolute Gasteiger partial charge is 0.497 e. The van der Waals surface area contributed by atoms with Crippen LogP contribution in [-0.2, 0) is 30.4 Å². The van der Waals surface area contributed by atoms with Gasteiger partial charge in [0.25, 0.3) is 0 Å². The monoisotopic (exact) mass is 556 g/mol. The van der Waals surface area contributed by atoms with Crippen LogP contribution in [-0.4, -0.2) is 81.1 Å². The van der Waals surface area contributed by atoms with Crippen LogP contribution in [0, 0.1) is 5.92 Å². The number of ether oxygens (including phenoxy) is 5. The Bertz CT molecular complexity index is 1150. The van der Waals surface area contributed by atoms with Gasteiger partial charge in [0.1, 0.15) is 24.0 Å². The molecule has 40 heavy (non-hydrogen) atoms. The molecule has 10 nitrogen and oxygen atoms in total. The molecule has 1 N–H and O–H groups in total. The number of aliphatic hydroxyl groups excluding tert-OH is 1. The molecule has 2 unspecified atom stereocenters. The number of carbonyl (C=O) groups excluding carboxylic acids is 1. The van der Waals surface area contributed by atoms with Crippen molar-refractivity contribution in [3.63, 3.8) is 0 Å². The maximum Gasteiger partial charge on any atom is 0.354 e. The van der Waals surface area contributed by atoms with Crippen molar-refractivity contribution in [1.29, 1.82) is 0 Å². The molecule has 10 heteroatoms. The van der Waals surface area contributed by atoms with Crippen LogP contribution in [0.3, 0.4) is 0 Å². The number of likely N-dealkylation sites (tertiary alicyclic amines) is 1. The van der Waals surface area contributed by atoms with Crippen molar-refractivity contribution in [2.45, 2.75) is 51.0 Å². The molecule has 0 aromatic heterocycles. The second-order valence-corrected chi connectivity index (χ2v) is 10.5. The summed E-state index contributed by atoms with van der Waals surface area (Å²) in [5, 5.41) is 14.5. The Balaban J connectivity index is 1.70. The minimum Gasteiger partial charge on any atom is -0.497 e. The van der Waals surface area contributed by atoms with E-state index in [0.717, 1.165) is 25.9 Å². The highest BCUT2D eigenvalue weighted by atomic mass is 16.7. The molecule has 2 atom stereocenters. The minimum absolute atomic E-state index is 0.133. The first-order valence-corrected chi connectivity index (χ1v) is 13.5. The maximum atomic E-state index is 12.8. The van der Waals surface area contributed by atoms with Crippen LogP contribution in [0.5, 0.6) is 11.5 Å². The number of piperidine rings is 1. The molecule has 2 aliphatic heterocycles. The molecule has 2 heterocycles. The molecule has 0 bridgehead atoms. The van der Waals surface area contributed by atoms with Crippen molar-refractivity contribution in [3.8, 4) is 11.5 Å². The molecule has 0 amide bonds. The molecule has 0 spiro atoms. The zero-order chi connectivity index (χ0) is 28.7. The van der Waals surface area contributed by atoms with E-state index in [1.165, 1.54) is 7.11 Å². The molecule has 0 aliphatic carbocycles. The smallest absolute Gasteiger partial charge is 0.354 e. The fourth-order valence-corrected chi connectivity index (χ4v) is 5.36. The Labute approximate surface area is 235 Å². The van der Waals surface area contributed by atoms with E-state index in [1.54, 1.807) is 50.6 Å². The highest BCUT2D eigenvalue weighted by Gasteiger charge is 2.40. The van der Waals surface area contributed by atoms with Crippen LogP contribution >= 0.6 is 0 Å². The lowest BCUT2D eigenvalue weighted by Crippen LogP contribution is -2.54. The second kappa shape index (κ2) is 13.5. The Morgan fingerprint density at radius 2 is 1.82 bits per heavy atom. The van der Waals surface area contributed by atoms with Crippen molar-refractivity contribution in [1.82, 2.24) is 4.90 Å². The number of oxime groups is 1. The average Bonchev–Trinajstić information content (AvgIpc) is 3.54. The highest BCUT2D eigenvalue weighted by molar-refractivity contribution is 6.08. The standard InChI is InChI=1S/C30H40N2O8/c1-30(2,32-14-12-21(13-15-32)26-18-38-19-39-26)28(24-16-20(17-33)6-11-25(24)36-4)31-40-27(29(34)37-5)22-7-9-23(35-3)10-8-22/h6-11,16,21,26-27,33H,12-15,17-19H2,1-5H3. The first-order valence-electron chi connectivity index (χ1n) is 13.5. The maximum absolute atomic E-state index is 12.8. The summed E-state index contributed by atoms with van der Waals surface area (Å²) in [5.41, 5.74) is 1.90. The summed E-state index contributed by atoms with van der Waals surface area (Å²) in [5.74, 6) is 1.08. The Morgan fingerprint density at radius 1 is 1.10 bits per heavy atom. The van der Waals surface area contributed by atoms with Gasteiger partial charge in [-0.1, -0.05) is 23.4 Å². The molecule has 2 aromatic rings. The molecular weight excluding hydrogens is 516 g/mol. The molecule has 218 valence electrons. The SMILES string of the molecule is COC(=O)C(ON=C(c1cc(CO)ccc1OC)C(C)(C)N1CCC(C2COCO2)CC1)c1ccc(OC)cc1. The fraction of sp³-hybridized carbons (Fsp3) is 0.533. The van der Waals surface area contributed by atoms with E-state index in [1.807, 2.05) is 6.07 Å². The summed E-state index contributed by atoms with van der Waals surface area (Å²) in [7, 11) is 4.48. The van der Waals surface area contributed by atoms with E-state index in [-0.39, 0.29) is 12.7 Å². The van der Waals surface area contributed by atoms with Gasteiger partial charge in [-0.05, 0) is 75.5 Å². The third kappa shape index (κ3) is 6.58. The van der Waals surface area contributed by atoms with Crippen LogP contribution < -0.4 is 9.47 Å². The third-order valence-corrected chi connectivity index (χ3v) is 7.87. The van der Waals surface area contributed by atoms with E-state index in [4.69, 9.17) is 28.5 Å². The predicted molar refractivity (Wildman–Crippen MR) is 148 cm³/mol. The summed E-state index contributed by atoms with van der Waals surface area (Å²) >= 11 is 0. The Hall–Kier alpha value is -3.18. The van der Waals surface area contributed by atoms with Crippen LogP contribution in [0.15, 0.2) is 47.6 Å². The number of nitrogens with zero attached hydrogens (tertiary/aromatic N) is 2. The number of benzene rings is 2. The number of rotatable bonds is 11. The van der Waals surface area contributed by atoms with E-state index in [2.05, 4.69) is 23.9 Å². The van der Waals surface area contributed by atoms with Gasteiger partial charge < -0.3 is 33.6 Å². The van der Waals surface area contributed by atoms with Gasteiger partial charge in [0, 0.05) is 11.1 Å². The van der Waals surface area contributed by atoms with Crippen molar-refractivity contribution in [2.75, 3.05) is 47.8 Å². The van der Waals surface area contributed by atoms with Gasteiger partial charge in [-0.2, -0.15) is 0 Å². The predicted octanol–water partition coefficient (Wildman–Crippen LogP) is 3.69. The molecule has 4 rings (SSSR count). The van der Waals surface area contributed by atoms with Crippen molar-refractivity contribution in [3.05, 3.63) is 59.2 Å². The quantitative estimate of drug-likeness (QED) is 0.252. The number of aliphatic hydroxyl groups is 1. The zero-order valence-corrected chi connectivity index (χ0v) is 23.9. The third-order valence-electron chi connectivity index (χ3n) is 7.87. The molecule has 2 aromatic carbocycles. The molecular formula is C30H40N2O8. The van der Waals surface area contributed by atoms with Crippen LogP contribution in [0.2, 0.25) is 0 Å². The average molecular weight is 557 g/mol. The molecule has 2 fully saturated rings. The van der Waals surface area contributed by atoms with Crippen LogP contribution in [0.4, 0.5) is 0 Å². The number of carbonyl (C=O) groups is 1. The van der Waals surface area contributed by atoms with Gasteiger partial charge in [-0.25, -0.2) is 4.79 Å². The van der Waals surface area contributed by atoms with Gasteiger partial charge in [0.2, 0.25) is 6.10 Å². The molecule has 0 saturated carbocycles. The first kappa shape index (κ1) is 29.8. The Kier molecular flexibility index (Phi) is 10.0. The van der Waals surface area contributed by atoms with E-state index >= 15 is 0 Å². The second-order valence-electron chi connectivity index (χ2n) is 10.5. The number of esters is 1. The lowest BCUT2D eigenvalue weighted by Gasteiger charge is -2.44. The van der Waals surface area contributed by atoms with Gasteiger partial charge in [0.15, 0.2) is 0 Å². The lowest BCUT2D eigenvalue weighted by molar-refractivity contribution is -0.154. The lowest BCUT2D eigenvalue weighted by atomic mass is 9.84. The first-order chi connectivity index (χ1) is 19.3. The summed E-state index contributed by atoms with van der Waals surface area (Å²) in [4.78, 5) is 21.2. The molecule has 2 aliphatic rings. The highest BCUT2D eigenvalue weighted by Crippen LogP contribution is 2.34. The molecule has 2 saturated heterocycles. The van der Waals surface area contributed by atoms with Crippen LogP contribution in [0.25, 0.3) is 0 Å². The number of hydrogen-bond donors (Lipinski definition) is 1. The zero-order valence-electron chi connectivity index (χ0n) is 23.9. The van der Waals surface area contributed by atoms with E-state index < -0.39 is 17.6 Å². The van der Waals surface area contributed by atoms with Gasteiger partial charge in [-0.15, -0.1) is 0 Å². The Morgan fingerprint density at radius 3 is 2.40 bits per heavy atom.